The van der Waals surface area contributed by atoms with E-state index in [2.05, 4.69) is 20.8 Å². The molecule has 1 atom stereocenters. The molecule has 1 nitrogen and oxygen atoms in total. The van der Waals surface area contributed by atoms with Crippen molar-refractivity contribution in [2.24, 2.45) is 10.8 Å². The summed E-state index contributed by atoms with van der Waals surface area (Å²) in [6.07, 6.45) is 9.08. The molecule has 0 amide bonds. The molecule has 0 bridgehead atoms. The van der Waals surface area contributed by atoms with Gasteiger partial charge in [-0.25, -0.2) is 0 Å². The van der Waals surface area contributed by atoms with Crippen molar-refractivity contribution in [2.75, 3.05) is 0 Å². The molecule has 1 rings (SSSR count). The molecule has 0 radical (unpaired) electrons. The third kappa shape index (κ3) is 2.28. The zero-order valence-electron chi connectivity index (χ0n) is 11.3. The summed E-state index contributed by atoms with van der Waals surface area (Å²) >= 11 is 0. The van der Waals surface area contributed by atoms with Gasteiger partial charge in [-0.3, -0.25) is 4.79 Å². The lowest BCUT2D eigenvalue weighted by Gasteiger charge is -2.36. The van der Waals surface area contributed by atoms with Crippen LogP contribution in [-0.4, -0.2) is 5.78 Å². The molecule has 0 heterocycles. The van der Waals surface area contributed by atoms with Gasteiger partial charge < -0.3 is 0 Å². The van der Waals surface area contributed by atoms with Crippen LogP contribution in [0.1, 0.15) is 53.9 Å². The highest BCUT2D eigenvalue weighted by atomic mass is 16.1. The van der Waals surface area contributed by atoms with Gasteiger partial charge in [0.05, 0.1) is 0 Å². The van der Waals surface area contributed by atoms with Crippen molar-refractivity contribution in [1.82, 2.24) is 0 Å². The van der Waals surface area contributed by atoms with Crippen molar-refractivity contribution in [1.29, 1.82) is 0 Å². The Bertz CT molecular complexity index is 333. The van der Waals surface area contributed by atoms with Gasteiger partial charge in [0.15, 0.2) is 5.78 Å². The van der Waals surface area contributed by atoms with Crippen LogP contribution in [0.15, 0.2) is 23.8 Å². The number of hydrogen-bond acceptors (Lipinski definition) is 1. The topological polar surface area (TPSA) is 17.1 Å². The minimum absolute atomic E-state index is 0.137. The maximum atomic E-state index is 12.3. The normalized spacial score (nSPS) is 29.9. The smallest absolute Gasteiger partial charge is 0.162 e. The molecule has 1 fully saturated rings. The number of carbonyl (C=O) groups excluding carboxylic acids is 1. The summed E-state index contributed by atoms with van der Waals surface area (Å²) in [7, 11) is 0. The fraction of sp³-hybridized carbons (Fsp3) is 0.667. The first-order valence-electron chi connectivity index (χ1n) is 6.19. The van der Waals surface area contributed by atoms with Gasteiger partial charge >= 0.3 is 0 Å². The molecule has 0 aromatic heterocycles. The standard InChI is InChI=1S/C15H24O/c1-6-12(2)8-9-13(16)15(5)11-7-10-14(15,3)4/h6,8-9H,7,10-11H2,1-5H3/b9-8+,12-6?/t15-/m0/s1. The highest BCUT2D eigenvalue weighted by molar-refractivity contribution is 5.95. The summed E-state index contributed by atoms with van der Waals surface area (Å²) < 4.78 is 0. The maximum Gasteiger partial charge on any atom is 0.162 e. The van der Waals surface area contributed by atoms with Crippen LogP contribution in [0, 0.1) is 10.8 Å². The quantitative estimate of drug-likeness (QED) is 0.512. The molecule has 0 saturated heterocycles. The molecule has 0 spiro atoms. The SMILES string of the molecule is CC=C(C)/C=C/C(=O)[C@]1(C)CCCC1(C)C. The molecule has 16 heavy (non-hydrogen) atoms. The highest BCUT2D eigenvalue weighted by Gasteiger charge is 2.48. The minimum atomic E-state index is -0.169. The van der Waals surface area contributed by atoms with E-state index in [0.717, 1.165) is 18.4 Å². The van der Waals surface area contributed by atoms with E-state index in [-0.39, 0.29) is 16.6 Å². The predicted molar refractivity (Wildman–Crippen MR) is 69.3 cm³/mol. The Morgan fingerprint density at radius 1 is 1.12 bits per heavy atom. The molecule has 90 valence electrons. The van der Waals surface area contributed by atoms with E-state index in [0.29, 0.717) is 0 Å². The minimum Gasteiger partial charge on any atom is -0.294 e. The van der Waals surface area contributed by atoms with Crippen molar-refractivity contribution in [3.05, 3.63) is 23.8 Å². The number of allylic oxidation sites excluding steroid dienone is 4. The van der Waals surface area contributed by atoms with Crippen LogP contribution in [0.5, 0.6) is 0 Å². The summed E-state index contributed by atoms with van der Waals surface area (Å²) in [5.74, 6) is 0.288. The molecule has 1 saturated carbocycles. The molecule has 1 aliphatic carbocycles. The third-order valence-electron chi connectivity index (χ3n) is 4.47. The summed E-state index contributed by atoms with van der Waals surface area (Å²) in [6, 6.07) is 0. The lowest BCUT2D eigenvalue weighted by molar-refractivity contribution is -0.127. The second-order valence-electron chi connectivity index (χ2n) is 5.80. The van der Waals surface area contributed by atoms with Gasteiger partial charge in [-0.05, 0) is 38.2 Å². The highest BCUT2D eigenvalue weighted by Crippen LogP contribution is 2.53. The Morgan fingerprint density at radius 3 is 2.19 bits per heavy atom. The molecular formula is C15H24O. The molecule has 0 aromatic rings. The van der Waals surface area contributed by atoms with Crippen LogP contribution < -0.4 is 0 Å². The molecule has 1 aliphatic rings. The van der Waals surface area contributed by atoms with E-state index in [1.807, 2.05) is 26.0 Å². The van der Waals surface area contributed by atoms with E-state index >= 15 is 0 Å². The number of carbonyl (C=O) groups is 1. The van der Waals surface area contributed by atoms with Crippen molar-refractivity contribution >= 4 is 5.78 Å². The lowest BCUT2D eigenvalue weighted by atomic mass is 9.66. The van der Waals surface area contributed by atoms with Gasteiger partial charge in [-0.15, -0.1) is 0 Å². The van der Waals surface area contributed by atoms with Gasteiger partial charge in [0.2, 0.25) is 0 Å². The molecule has 0 aliphatic heterocycles. The Kier molecular flexibility index (Phi) is 3.77. The Morgan fingerprint density at radius 2 is 1.75 bits per heavy atom. The zero-order chi connectivity index (χ0) is 12.4. The van der Waals surface area contributed by atoms with Crippen LogP contribution in [0.25, 0.3) is 0 Å². The van der Waals surface area contributed by atoms with Crippen molar-refractivity contribution < 1.29 is 4.79 Å². The molecule has 0 N–H and O–H groups in total. The summed E-state index contributed by atoms with van der Waals surface area (Å²) in [4.78, 5) is 12.3. The third-order valence-corrected chi connectivity index (χ3v) is 4.47. The van der Waals surface area contributed by atoms with E-state index in [9.17, 15) is 4.79 Å². The second kappa shape index (κ2) is 4.57. The van der Waals surface area contributed by atoms with Crippen LogP contribution in [0.3, 0.4) is 0 Å². The average molecular weight is 220 g/mol. The summed E-state index contributed by atoms with van der Waals surface area (Å²) in [6.45, 7) is 10.6. The van der Waals surface area contributed by atoms with Gasteiger partial charge in [0.25, 0.3) is 0 Å². The van der Waals surface area contributed by atoms with E-state index in [1.165, 1.54) is 6.42 Å². The van der Waals surface area contributed by atoms with Crippen molar-refractivity contribution in [2.45, 2.75) is 53.9 Å². The Labute approximate surface area is 99.6 Å². The van der Waals surface area contributed by atoms with Gasteiger partial charge in [-0.2, -0.15) is 0 Å². The summed E-state index contributed by atoms with van der Waals surface area (Å²) in [5.41, 5.74) is 1.11. The van der Waals surface area contributed by atoms with Crippen LogP contribution in [0.4, 0.5) is 0 Å². The van der Waals surface area contributed by atoms with Gasteiger partial charge in [0, 0.05) is 5.41 Å². The lowest BCUT2D eigenvalue weighted by Crippen LogP contribution is -2.36. The van der Waals surface area contributed by atoms with Gasteiger partial charge in [0.1, 0.15) is 0 Å². The van der Waals surface area contributed by atoms with E-state index < -0.39 is 0 Å². The van der Waals surface area contributed by atoms with E-state index in [4.69, 9.17) is 0 Å². The number of rotatable bonds is 3. The largest absolute Gasteiger partial charge is 0.294 e. The molecule has 0 unspecified atom stereocenters. The molecule has 0 aromatic carbocycles. The Balaban J connectivity index is 2.85. The van der Waals surface area contributed by atoms with Crippen LogP contribution in [0.2, 0.25) is 0 Å². The fourth-order valence-corrected chi connectivity index (χ4v) is 2.44. The number of hydrogen-bond donors (Lipinski definition) is 0. The maximum absolute atomic E-state index is 12.3. The summed E-state index contributed by atoms with van der Waals surface area (Å²) in [5, 5.41) is 0. The van der Waals surface area contributed by atoms with Crippen LogP contribution in [-0.2, 0) is 4.79 Å². The average Bonchev–Trinajstić information content (AvgIpc) is 2.50. The first-order valence-corrected chi connectivity index (χ1v) is 6.19. The first kappa shape index (κ1) is 13.2. The fourth-order valence-electron chi connectivity index (χ4n) is 2.44. The monoisotopic (exact) mass is 220 g/mol. The molecule has 1 heteroatoms. The Hall–Kier alpha value is -0.850. The number of ketones is 1. The van der Waals surface area contributed by atoms with Crippen molar-refractivity contribution in [3.8, 4) is 0 Å². The first-order chi connectivity index (χ1) is 7.33. The van der Waals surface area contributed by atoms with Gasteiger partial charge in [-0.1, -0.05) is 44.9 Å². The van der Waals surface area contributed by atoms with Crippen molar-refractivity contribution in [3.63, 3.8) is 0 Å². The zero-order valence-corrected chi connectivity index (χ0v) is 11.3. The second-order valence-corrected chi connectivity index (χ2v) is 5.80. The molecular weight excluding hydrogens is 196 g/mol. The predicted octanol–water partition coefficient (Wildman–Crippen LogP) is 4.29. The van der Waals surface area contributed by atoms with Crippen LogP contribution >= 0.6 is 0 Å². The van der Waals surface area contributed by atoms with E-state index in [1.54, 1.807) is 6.08 Å².